The number of aromatic nitrogens is 2. The van der Waals surface area contributed by atoms with Gasteiger partial charge in [-0.25, -0.2) is 4.68 Å². The summed E-state index contributed by atoms with van der Waals surface area (Å²) in [5.41, 5.74) is 2.94. The van der Waals surface area contributed by atoms with Crippen molar-refractivity contribution >= 4 is 23.2 Å². The molecule has 5 nitrogen and oxygen atoms in total. The zero-order valence-electron chi connectivity index (χ0n) is 13.2. The summed E-state index contributed by atoms with van der Waals surface area (Å²) in [6.07, 6.45) is 0. The van der Waals surface area contributed by atoms with Gasteiger partial charge in [0.2, 0.25) is 0 Å². The number of phenols is 1. The van der Waals surface area contributed by atoms with E-state index < -0.39 is 0 Å². The second-order valence-electron chi connectivity index (χ2n) is 5.41. The van der Waals surface area contributed by atoms with Gasteiger partial charge in [-0.2, -0.15) is 5.10 Å². The number of nitrogens with one attached hydrogen (secondary N) is 1. The lowest BCUT2D eigenvalue weighted by atomic mass is 10.1. The van der Waals surface area contributed by atoms with Gasteiger partial charge >= 0.3 is 0 Å². The minimum absolute atomic E-state index is 0.0430. The zero-order valence-corrected chi connectivity index (χ0v) is 14.0. The average Bonchev–Trinajstić information content (AvgIpc) is 2.86. The van der Waals surface area contributed by atoms with Gasteiger partial charge in [0.1, 0.15) is 5.75 Å². The molecule has 1 amide bonds. The highest BCUT2D eigenvalue weighted by Crippen LogP contribution is 2.28. The molecule has 2 N–H and O–H groups in total. The fraction of sp³-hybridized carbons (Fsp3) is 0.111. The molecule has 0 bridgehead atoms. The number of para-hydroxylation sites is 1. The predicted molar refractivity (Wildman–Crippen MR) is 94.1 cm³/mol. The Balaban J connectivity index is 1.96. The van der Waals surface area contributed by atoms with Crippen molar-refractivity contribution < 1.29 is 9.90 Å². The first-order chi connectivity index (χ1) is 11.5. The number of rotatable bonds is 3. The number of carbonyl (C=O) groups is 1. The van der Waals surface area contributed by atoms with Crippen molar-refractivity contribution in [1.29, 1.82) is 0 Å². The van der Waals surface area contributed by atoms with E-state index in [0.717, 1.165) is 11.4 Å². The van der Waals surface area contributed by atoms with Gasteiger partial charge in [-0.05, 0) is 44.2 Å². The summed E-state index contributed by atoms with van der Waals surface area (Å²) in [5.74, 6) is -0.386. The third kappa shape index (κ3) is 2.98. The van der Waals surface area contributed by atoms with Gasteiger partial charge < -0.3 is 10.4 Å². The molecule has 1 aromatic heterocycles. The first kappa shape index (κ1) is 16.1. The number of hydrogen-bond acceptors (Lipinski definition) is 3. The van der Waals surface area contributed by atoms with Crippen molar-refractivity contribution in [3.05, 3.63) is 70.5 Å². The summed E-state index contributed by atoms with van der Waals surface area (Å²) >= 11 is 5.91. The lowest BCUT2D eigenvalue weighted by Gasteiger charge is -2.08. The van der Waals surface area contributed by atoms with E-state index in [4.69, 9.17) is 11.6 Å². The van der Waals surface area contributed by atoms with E-state index in [0.29, 0.717) is 16.3 Å². The minimum atomic E-state index is -0.343. The van der Waals surface area contributed by atoms with Crippen LogP contribution in [0.25, 0.3) is 5.69 Å². The second kappa shape index (κ2) is 6.37. The Kier molecular flexibility index (Phi) is 4.27. The van der Waals surface area contributed by atoms with E-state index in [1.165, 1.54) is 12.1 Å². The van der Waals surface area contributed by atoms with E-state index in [-0.39, 0.29) is 17.3 Å². The maximum Gasteiger partial charge on any atom is 0.259 e. The number of aromatic hydroxyl groups is 1. The molecule has 0 aliphatic heterocycles. The van der Waals surface area contributed by atoms with Gasteiger partial charge in [0.15, 0.2) is 0 Å². The third-order valence-corrected chi connectivity index (χ3v) is 3.96. The van der Waals surface area contributed by atoms with Crippen LogP contribution in [0.2, 0.25) is 5.02 Å². The topological polar surface area (TPSA) is 67.2 Å². The van der Waals surface area contributed by atoms with Crippen LogP contribution in [0.3, 0.4) is 0 Å². The Bertz CT molecular complexity index is 904. The van der Waals surface area contributed by atoms with E-state index in [2.05, 4.69) is 10.4 Å². The lowest BCUT2D eigenvalue weighted by Crippen LogP contribution is -2.14. The Morgan fingerprint density at radius 1 is 1.17 bits per heavy atom. The first-order valence-corrected chi connectivity index (χ1v) is 7.76. The number of amides is 1. The van der Waals surface area contributed by atoms with E-state index in [1.807, 2.05) is 37.3 Å². The number of nitrogens with zero attached hydrogens (tertiary/aromatic N) is 2. The smallest absolute Gasteiger partial charge is 0.259 e. The molecular weight excluding hydrogens is 326 g/mol. The van der Waals surface area contributed by atoms with Crippen molar-refractivity contribution in [3.63, 3.8) is 0 Å². The molecule has 3 rings (SSSR count). The summed E-state index contributed by atoms with van der Waals surface area (Å²) in [6, 6.07) is 14.1. The van der Waals surface area contributed by atoms with Gasteiger partial charge in [0, 0.05) is 5.02 Å². The van der Waals surface area contributed by atoms with Crippen LogP contribution < -0.4 is 5.32 Å². The predicted octanol–water partition coefficient (Wildman–Crippen LogP) is 4.10. The second-order valence-corrected chi connectivity index (χ2v) is 5.85. The van der Waals surface area contributed by atoms with Crippen LogP contribution in [0.15, 0.2) is 48.5 Å². The number of phenolic OH excluding ortho intramolecular Hbond substituents is 1. The molecule has 6 heteroatoms. The van der Waals surface area contributed by atoms with Crippen LogP contribution in [-0.2, 0) is 0 Å². The molecule has 0 unspecified atom stereocenters. The molecule has 0 saturated heterocycles. The summed E-state index contributed by atoms with van der Waals surface area (Å²) in [7, 11) is 0. The molecule has 0 radical (unpaired) electrons. The number of carbonyl (C=O) groups excluding carboxylic acids is 1. The third-order valence-electron chi connectivity index (χ3n) is 3.73. The van der Waals surface area contributed by atoms with Crippen molar-refractivity contribution in [1.82, 2.24) is 9.78 Å². The SMILES string of the molecule is Cc1nn(-c2ccccc2)c(C)c1C(=O)Nc1cc(Cl)ccc1O. The van der Waals surface area contributed by atoms with Crippen molar-refractivity contribution in [2.24, 2.45) is 0 Å². The fourth-order valence-electron chi connectivity index (χ4n) is 2.59. The van der Waals surface area contributed by atoms with E-state index >= 15 is 0 Å². The summed E-state index contributed by atoms with van der Waals surface area (Å²) in [6.45, 7) is 3.61. The molecule has 24 heavy (non-hydrogen) atoms. The molecule has 0 atom stereocenters. The molecule has 0 fully saturated rings. The molecule has 3 aromatic rings. The standard InChI is InChI=1S/C18H16ClN3O2/c1-11-17(12(2)22(21-11)14-6-4-3-5-7-14)18(24)20-15-10-13(19)8-9-16(15)23/h3-10,23H,1-2H3,(H,20,24). The van der Waals surface area contributed by atoms with E-state index in [1.54, 1.807) is 17.7 Å². The molecule has 0 spiro atoms. The lowest BCUT2D eigenvalue weighted by molar-refractivity contribution is 0.102. The van der Waals surface area contributed by atoms with Gasteiger partial charge in [-0.15, -0.1) is 0 Å². The minimum Gasteiger partial charge on any atom is -0.506 e. The molecule has 122 valence electrons. The van der Waals surface area contributed by atoms with Gasteiger partial charge in [-0.1, -0.05) is 29.8 Å². The molecular formula is C18H16ClN3O2. The van der Waals surface area contributed by atoms with Crippen LogP contribution in [0.4, 0.5) is 5.69 Å². The summed E-state index contributed by atoms with van der Waals surface area (Å²) < 4.78 is 1.72. The summed E-state index contributed by atoms with van der Waals surface area (Å²) in [5, 5.41) is 17.4. The van der Waals surface area contributed by atoms with Crippen molar-refractivity contribution in [2.45, 2.75) is 13.8 Å². The van der Waals surface area contributed by atoms with Crippen LogP contribution in [0.5, 0.6) is 5.75 Å². The van der Waals surface area contributed by atoms with Gasteiger partial charge in [0.05, 0.1) is 28.3 Å². The molecule has 0 saturated carbocycles. The number of anilines is 1. The maximum absolute atomic E-state index is 12.6. The maximum atomic E-state index is 12.6. The van der Waals surface area contributed by atoms with E-state index in [9.17, 15) is 9.90 Å². The van der Waals surface area contributed by atoms with Crippen LogP contribution in [0.1, 0.15) is 21.7 Å². The Hall–Kier alpha value is -2.79. The van der Waals surface area contributed by atoms with Crippen LogP contribution in [0, 0.1) is 13.8 Å². The monoisotopic (exact) mass is 341 g/mol. The molecule has 1 heterocycles. The highest BCUT2D eigenvalue weighted by Gasteiger charge is 2.20. The van der Waals surface area contributed by atoms with Crippen molar-refractivity contribution in [3.8, 4) is 11.4 Å². The molecule has 0 aliphatic rings. The Labute approximate surface area is 144 Å². The number of halogens is 1. The normalized spacial score (nSPS) is 10.6. The van der Waals surface area contributed by atoms with Crippen LogP contribution in [-0.4, -0.2) is 20.8 Å². The highest BCUT2D eigenvalue weighted by atomic mass is 35.5. The Morgan fingerprint density at radius 3 is 2.58 bits per heavy atom. The van der Waals surface area contributed by atoms with Gasteiger partial charge in [0.25, 0.3) is 5.91 Å². The molecule has 2 aromatic carbocycles. The first-order valence-electron chi connectivity index (χ1n) is 7.39. The highest BCUT2D eigenvalue weighted by molar-refractivity contribution is 6.31. The zero-order chi connectivity index (χ0) is 17.3. The largest absolute Gasteiger partial charge is 0.506 e. The van der Waals surface area contributed by atoms with Gasteiger partial charge in [-0.3, -0.25) is 4.79 Å². The average molecular weight is 342 g/mol. The number of aryl methyl sites for hydroxylation is 1. The Morgan fingerprint density at radius 2 is 1.88 bits per heavy atom. The number of benzene rings is 2. The number of hydrogen-bond donors (Lipinski definition) is 2. The van der Waals surface area contributed by atoms with Crippen molar-refractivity contribution in [2.75, 3.05) is 5.32 Å². The summed E-state index contributed by atoms with van der Waals surface area (Å²) in [4.78, 5) is 12.6. The fourth-order valence-corrected chi connectivity index (χ4v) is 2.76. The van der Waals surface area contributed by atoms with Crippen LogP contribution >= 0.6 is 11.6 Å². The quantitative estimate of drug-likeness (QED) is 0.705. The molecule has 0 aliphatic carbocycles.